The molecule has 0 amide bonds. The average molecular weight is 250 g/mol. The number of non-ortho nitro benzene ring substituents is 1. The van der Waals surface area contributed by atoms with Gasteiger partial charge in [0.2, 0.25) is 0 Å². The second-order valence-electron chi connectivity index (χ2n) is 4.65. The molecule has 0 aliphatic heterocycles. The fourth-order valence-corrected chi connectivity index (χ4v) is 2.37. The third kappa shape index (κ3) is 3.10. The topological polar surface area (TPSA) is 93.2 Å². The fraction of sp³-hybridized carbons (Fsp3) is 0.500. The van der Waals surface area contributed by atoms with Gasteiger partial charge in [-0.15, -0.1) is 0 Å². The van der Waals surface area contributed by atoms with Crippen LogP contribution in [-0.4, -0.2) is 11.0 Å². The number of benzene rings is 1. The van der Waals surface area contributed by atoms with E-state index in [1.165, 1.54) is 25.3 Å². The highest BCUT2D eigenvalue weighted by Gasteiger charge is 2.15. The second kappa shape index (κ2) is 5.68. The normalized spacial score (nSPS) is 16.3. The number of nitro benzene ring substituents is 1. The van der Waals surface area contributed by atoms with Crippen LogP contribution in [0.5, 0.6) is 0 Å². The Hall–Kier alpha value is -1.82. The van der Waals surface area contributed by atoms with E-state index in [1.807, 2.05) is 0 Å². The highest BCUT2D eigenvalue weighted by Crippen LogP contribution is 2.27. The number of nitrogens with two attached hydrogens (primary N) is 1. The Kier molecular flexibility index (Phi) is 3.99. The van der Waals surface area contributed by atoms with Gasteiger partial charge in [-0.3, -0.25) is 16.0 Å². The lowest BCUT2D eigenvalue weighted by Crippen LogP contribution is -2.22. The van der Waals surface area contributed by atoms with Crippen molar-refractivity contribution in [3.05, 3.63) is 28.3 Å². The van der Waals surface area contributed by atoms with E-state index in [2.05, 4.69) is 10.7 Å². The summed E-state index contributed by atoms with van der Waals surface area (Å²) in [5, 5.41) is 14.2. The molecule has 6 nitrogen and oxygen atoms in total. The van der Waals surface area contributed by atoms with E-state index in [0.29, 0.717) is 11.7 Å². The van der Waals surface area contributed by atoms with E-state index >= 15 is 0 Å². The molecular formula is C12H18N4O2. The van der Waals surface area contributed by atoms with E-state index in [1.54, 1.807) is 12.1 Å². The van der Waals surface area contributed by atoms with Crippen molar-refractivity contribution in [1.82, 2.24) is 0 Å². The zero-order valence-electron chi connectivity index (χ0n) is 10.2. The zero-order chi connectivity index (χ0) is 13.0. The first kappa shape index (κ1) is 12.6. The van der Waals surface area contributed by atoms with E-state index in [4.69, 9.17) is 5.84 Å². The Bertz CT molecular complexity index is 430. The highest BCUT2D eigenvalue weighted by atomic mass is 16.6. The van der Waals surface area contributed by atoms with Gasteiger partial charge in [0, 0.05) is 23.9 Å². The smallest absolute Gasteiger partial charge is 0.273 e. The van der Waals surface area contributed by atoms with Crippen LogP contribution in [0.1, 0.15) is 32.1 Å². The van der Waals surface area contributed by atoms with Crippen molar-refractivity contribution in [2.45, 2.75) is 38.1 Å². The van der Waals surface area contributed by atoms with Crippen molar-refractivity contribution in [3.63, 3.8) is 0 Å². The highest BCUT2D eigenvalue weighted by molar-refractivity contribution is 5.63. The Morgan fingerprint density at radius 1 is 1.17 bits per heavy atom. The van der Waals surface area contributed by atoms with Gasteiger partial charge in [0.1, 0.15) is 0 Å². The first-order valence-electron chi connectivity index (χ1n) is 6.21. The van der Waals surface area contributed by atoms with Gasteiger partial charge in [0.05, 0.1) is 10.6 Å². The minimum atomic E-state index is -0.410. The zero-order valence-corrected chi connectivity index (χ0v) is 10.2. The van der Waals surface area contributed by atoms with Crippen LogP contribution in [0.25, 0.3) is 0 Å². The number of hydrazine groups is 1. The van der Waals surface area contributed by atoms with Crippen molar-refractivity contribution in [2.75, 3.05) is 10.7 Å². The number of nitrogen functional groups attached to an aromatic ring is 1. The minimum absolute atomic E-state index is 0.0451. The van der Waals surface area contributed by atoms with Gasteiger partial charge in [-0.1, -0.05) is 19.3 Å². The monoisotopic (exact) mass is 250 g/mol. The summed E-state index contributed by atoms with van der Waals surface area (Å²) in [6, 6.07) is 5.18. The summed E-state index contributed by atoms with van der Waals surface area (Å²) in [6.45, 7) is 0. The number of nitrogens with one attached hydrogen (secondary N) is 2. The van der Waals surface area contributed by atoms with Crippen molar-refractivity contribution < 1.29 is 4.92 Å². The van der Waals surface area contributed by atoms with E-state index in [0.717, 1.165) is 18.5 Å². The number of hydrogen-bond acceptors (Lipinski definition) is 5. The number of hydrogen-bond donors (Lipinski definition) is 3. The minimum Gasteiger partial charge on any atom is -0.382 e. The number of nitro groups is 1. The third-order valence-electron chi connectivity index (χ3n) is 3.27. The van der Waals surface area contributed by atoms with Crippen LogP contribution >= 0.6 is 0 Å². The molecule has 1 fully saturated rings. The average Bonchev–Trinajstić information content (AvgIpc) is 2.39. The Labute approximate surface area is 106 Å². The van der Waals surface area contributed by atoms with Crippen LogP contribution in [0.15, 0.2) is 18.2 Å². The largest absolute Gasteiger partial charge is 0.382 e. The molecule has 0 radical (unpaired) electrons. The molecule has 2 rings (SSSR count). The van der Waals surface area contributed by atoms with Gasteiger partial charge in [0.15, 0.2) is 0 Å². The molecule has 1 aliphatic carbocycles. The van der Waals surface area contributed by atoms with Gasteiger partial charge >= 0.3 is 0 Å². The standard InChI is InChI=1S/C12H18N4O2/c13-15-11-6-10(7-12(8-11)16(17)18)14-9-4-2-1-3-5-9/h6-9,14-15H,1-5,13H2. The van der Waals surface area contributed by atoms with E-state index in [9.17, 15) is 10.1 Å². The lowest BCUT2D eigenvalue weighted by Gasteiger charge is -2.24. The van der Waals surface area contributed by atoms with E-state index in [-0.39, 0.29) is 5.69 Å². The molecule has 0 unspecified atom stereocenters. The Morgan fingerprint density at radius 2 is 1.83 bits per heavy atom. The van der Waals surface area contributed by atoms with Gasteiger partial charge < -0.3 is 10.7 Å². The first-order chi connectivity index (χ1) is 8.69. The van der Waals surface area contributed by atoms with E-state index < -0.39 is 4.92 Å². The van der Waals surface area contributed by atoms with Crippen LogP contribution in [-0.2, 0) is 0 Å². The van der Waals surface area contributed by atoms with Gasteiger partial charge in [-0.25, -0.2) is 0 Å². The fourth-order valence-electron chi connectivity index (χ4n) is 2.37. The quantitative estimate of drug-likeness (QED) is 0.434. The molecule has 6 heteroatoms. The maximum absolute atomic E-state index is 10.8. The SMILES string of the molecule is NNc1cc(NC2CCCCC2)cc([N+](=O)[O-])c1. The maximum atomic E-state index is 10.8. The maximum Gasteiger partial charge on any atom is 0.273 e. The lowest BCUT2D eigenvalue weighted by atomic mass is 9.95. The van der Waals surface area contributed by atoms with Crippen molar-refractivity contribution in [2.24, 2.45) is 5.84 Å². The van der Waals surface area contributed by atoms with Crippen LogP contribution in [0.4, 0.5) is 17.1 Å². The summed E-state index contributed by atoms with van der Waals surface area (Å²) in [4.78, 5) is 10.4. The molecule has 0 spiro atoms. The van der Waals surface area contributed by atoms with Crippen molar-refractivity contribution in [1.29, 1.82) is 0 Å². The molecule has 18 heavy (non-hydrogen) atoms. The molecule has 1 aromatic rings. The summed E-state index contributed by atoms with van der Waals surface area (Å²) in [6.07, 6.45) is 5.95. The van der Waals surface area contributed by atoms with Crippen LogP contribution in [0.3, 0.4) is 0 Å². The van der Waals surface area contributed by atoms with Crippen LogP contribution in [0, 0.1) is 10.1 Å². The number of rotatable bonds is 4. The molecule has 1 aromatic carbocycles. The number of nitrogens with zero attached hydrogens (tertiary/aromatic N) is 1. The summed E-state index contributed by atoms with van der Waals surface area (Å²) >= 11 is 0. The molecular weight excluding hydrogens is 232 g/mol. The lowest BCUT2D eigenvalue weighted by molar-refractivity contribution is -0.384. The number of anilines is 2. The summed E-state index contributed by atoms with van der Waals surface area (Å²) in [5.41, 5.74) is 3.80. The summed E-state index contributed by atoms with van der Waals surface area (Å²) in [5.74, 6) is 5.32. The first-order valence-corrected chi connectivity index (χ1v) is 6.21. The summed E-state index contributed by atoms with van der Waals surface area (Å²) < 4.78 is 0. The van der Waals surface area contributed by atoms with Crippen LogP contribution < -0.4 is 16.6 Å². The summed E-state index contributed by atoms with van der Waals surface area (Å²) in [7, 11) is 0. The Balaban J connectivity index is 2.15. The molecule has 1 aliphatic rings. The molecule has 0 atom stereocenters. The third-order valence-corrected chi connectivity index (χ3v) is 3.27. The predicted octanol–water partition coefficient (Wildman–Crippen LogP) is 2.63. The second-order valence-corrected chi connectivity index (χ2v) is 4.65. The Morgan fingerprint density at radius 3 is 2.44 bits per heavy atom. The van der Waals surface area contributed by atoms with Gasteiger partial charge in [-0.05, 0) is 18.9 Å². The van der Waals surface area contributed by atoms with Crippen LogP contribution in [0.2, 0.25) is 0 Å². The van der Waals surface area contributed by atoms with Crippen molar-refractivity contribution >= 4 is 17.1 Å². The molecule has 0 aromatic heterocycles. The molecule has 0 bridgehead atoms. The molecule has 0 heterocycles. The molecule has 4 N–H and O–H groups in total. The molecule has 0 saturated heterocycles. The molecule has 98 valence electrons. The molecule has 1 saturated carbocycles. The van der Waals surface area contributed by atoms with Gasteiger partial charge in [0.25, 0.3) is 5.69 Å². The van der Waals surface area contributed by atoms with Crippen molar-refractivity contribution in [3.8, 4) is 0 Å². The predicted molar refractivity (Wildman–Crippen MR) is 71.4 cm³/mol. The van der Waals surface area contributed by atoms with Gasteiger partial charge in [-0.2, -0.15) is 0 Å².